The molecule has 0 atom stereocenters. The zero-order valence-corrected chi connectivity index (χ0v) is 17.3. The van der Waals surface area contributed by atoms with Crippen molar-refractivity contribution in [1.29, 1.82) is 0 Å². The Morgan fingerprint density at radius 2 is 1.69 bits per heavy atom. The number of aliphatic imine (C=N–C) groups is 1. The molecule has 3 aromatic carbocycles. The Kier molecular flexibility index (Phi) is 4.26. The summed E-state index contributed by atoms with van der Waals surface area (Å²) >= 11 is 6.09. The van der Waals surface area contributed by atoms with E-state index in [4.69, 9.17) is 30.5 Å². The number of carbonyl (C=O) groups excluding carboxylic acids is 1. The topological polar surface area (TPSA) is 66.4 Å². The van der Waals surface area contributed by atoms with Crippen LogP contribution in [-0.2, 0) is 9.53 Å². The second-order valence-electron chi connectivity index (χ2n) is 7.25. The highest BCUT2D eigenvalue weighted by Gasteiger charge is 2.31. The van der Waals surface area contributed by atoms with Crippen LogP contribution in [-0.4, -0.2) is 18.7 Å². The number of fused-ring (bicyclic) bond motifs is 2. The summed E-state index contributed by atoms with van der Waals surface area (Å²) in [6.45, 7) is 0.184. The zero-order valence-electron chi connectivity index (χ0n) is 16.5. The second-order valence-corrected chi connectivity index (χ2v) is 7.69. The molecule has 0 unspecified atom stereocenters. The van der Waals surface area contributed by atoms with Crippen molar-refractivity contribution in [2.24, 2.45) is 4.99 Å². The summed E-state index contributed by atoms with van der Waals surface area (Å²) in [5, 5.41) is 0.531. The van der Waals surface area contributed by atoms with Gasteiger partial charge in [0.15, 0.2) is 17.2 Å². The Labute approximate surface area is 188 Å². The molecule has 32 heavy (non-hydrogen) atoms. The minimum Gasteiger partial charge on any atom is -0.456 e. The van der Waals surface area contributed by atoms with Crippen LogP contribution in [0.5, 0.6) is 17.2 Å². The maximum absolute atomic E-state index is 12.8. The van der Waals surface area contributed by atoms with Gasteiger partial charge in [-0.25, -0.2) is 9.79 Å². The summed E-state index contributed by atoms with van der Waals surface area (Å²) in [5.41, 5.74) is 2.98. The Balaban J connectivity index is 1.50. The largest absolute Gasteiger partial charge is 0.456 e. The number of ether oxygens (including phenoxy) is 4. The summed E-state index contributed by atoms with van der Waals surface area (Å²) < 4.78 is 22.5. The van der Waals surface area contributed by atoms with Crippen LogP contribution in [0.2, 0.25) is 5.02 Å². The molecule has 3 aliphatic heterocycles. The monoisotopic (exact) mass is 443 g/mol. The highest BCUT2D eigenvalue weighted by molar-refractivity contribution is 6.31. The number of hydrogen-bond acceptors (Lipinski definition) is 6. The van der Waals surface area contributed by atoms with Crippen molar-refractivity contribution in [1.82, 2.24) is 0 Å². The van der Waals surface area contributed by atoms with Crippen molar-refractivity contribution in [2.75, 3.05) is 6.79 Å². The number of allylic oxidation sites excluding steroid dienone is 2. The molecule has 0 amide bonds. The van der Waals surface area contributed by atoms with E-state index in [-0.39, 0.29) is 18.4 Å². The lowest BCUT2D eigenvalue weighted by Gasteiger charge is -2.20. The van der Waals surface area contributed by atoms with Crippen LogP contribution in [0.3, 0.4) is 0 Å². The number of carbonyl (C=O) groups is 1. The Morgan fingerprint density at radius 1 is 0.812 bits per heavy atom. The first-order valence-corrected chi connectivity index (χ1v) is 10.2. The fraction of sp³-hybridized carbons (Fsp3) is 0.0400. The number of benzene rings is 3. The van der Waals surface area contributed by atoms with E-state index in [1.54, 1.807) is 30.3 Å². The van der Waals surface area contributed by atoms with Gasteiger partial charge in [-0.3, -0.25) is 0 Å². The van der Waals surface area contributed by atoms with E-state index in [2.05, 4.69) is 4.99 Å². The number of cyclic esters (lactones) is 1. The molecule has 0 saturated carbocycles. The van der Waals surface area contributed by atoms with E-state index >= 15 is 0 Å². The van der Waals surface area contributed by atoms with Crippen LogP contribution in [0.1, 0.15) is 16.7 Å². The number of nitrogens with zero attached hydrogens (tertiary/aromatic N) is 1. The van der Waals surface area contributed by atoms with Crippen LogP contribution in [0.15, 0.2) is 83.5 Å². The lowest BCUT2D eigenvalue weighted by molar-refractivity contribution is -0.129. The molecule has 3 aliphatic rings. The molecule has 0 fully saturated rings. The zero-order chi connectivity index (χ0) is 21.7. The fourth-order valence-electron chi connectivity index (χ4n) is 3.74. The van der Waals surface area contributed by atoms with E-state index in [0.717, 1.165) is 11.1 Å². The maximum Gasteiger partial charge on any atom is 0.364 e. The minimum absolute atomic E-state index is 0.184. The van der Waals surface area contributed by atoms with Crippen molar-refractivity contribution < 1.29 is 23.7 Å². The molecule has 3 heterocycles. The summed E-state index contributed by atoms with van der Waals surface area (Å²) in [6.07, 6.45) is 1.79. The van der Waals surface area contributed by atoms with Gasteiger partial charge in [-0.15, -0.1) is 0 Å². The summed E-state index contributed by atoms with van der Waals surface area (Å²) in [5.74, 6) is 2.17. The summed E-state index contributed by atoms with van der Waals surface area (Å²) in [7, 11) is 0. The van der Waals surface area contributed by atoms with Gasteiger partial charge < -0.3 is 18.9 Å². The van der Waals surface area contributed by atoms with E-state index in [9.17, 15) is 4.79 Å². The first-order chi connectivity index (χ1) is 15.7. The lowest BCUT2D eigenvalue weighted by atomic mass is 9.97. The molecule has 156 valence electrons. The van der Waals surface area contributed by atoms with Gasteiger partial charge in [0.25, 0.3) is 0 Å². The van der Waals surface area contributed by atoms with Gasteiger partial charge in [-0.05, 0) is 48.5 Å². The summed E-state index contributed by atoms with van der Waals surface area (Å²) in [4.78, 5) is 17.3. The van der Waals surface area contributed by atoms with Crippen molar-refractivity contribution in [3.05, 3.63) is 100 Å². The van der Waals surface area contributed by atoms with Gasteiger partial charge in [-0.2, -0.15) is 0 Å². The van der Waals surface area contributed by atoms with Gasteiger partial charge in [0.05, 0.1) is 0 Å². The van der Waals surface area contributed by atoms with E-state index in [1.807, 2.05) is 42.5 Å². The number of esters is 1. The Morgan fingerprint density at radius 3 is 2.59 bits per heavy atom. The average Bonchev–Trinajstić information content (AvgIpc) is 3.44. The molecule has 0 N–H and O–H groups in total. The molecule has 0 spiro atoms. The standard InChI is InChI=1S/C25H14ClNO5/c26-16-5-3-4-15(10-16)24-27-23(25(28)32-24)18-12-21(31-19-7-2-1-6-17(18)19)14-8-9-20-22(11-14)30-13-29-20/h1-12H,13H2. The Hall–Kier alpha value is -4.03. The lowest BCUT2D eigenvalue weighted by Crippen LogP contribution is -2.08. The number of rotatable bonds is 2. The van der Waals surface area contributed by atoms with Crippen molar-refractivity contribution in [3.63, 3.8) is 0 Å². The van der Waals surface area contributed by atoms with Gasteiger partial charge in [0.2, 0.25) is 12.7 Å². The van der Waals surface area contributed by atoms with Gasteiger partial charge in [0, 0.05) is 27.3 Å². The molecule has 6 rings (SSSR count). The first kappa shape index (κ1) is 18.7. The van der Waals surface area contributed by atoms with Gasteiger partial charge in [-0.1, -0.05) is 35.9 Å². The molecular formula is C25H14ClNO5. The molecule has 0 bridgehead atoms. The van der Waals surface area contributed by atoms with Gasteiger partial charge >= 0.3 is 5.97 Å². The average molecular weight is 444 g/mol. The van der Waals surface area contributed by atoms with E-state index in [0.29, 0.717) is 39.2 Å². The predicted molar refractivity (Wildman–Crippen MR) is 119 cm³/mol. The van der Waals surface area contributed by atoms with Crippen LogP contribution >= 0.6 is 11.6 Å². The number of hydrogen-bond donors (Lipinski definition) is 0. The summed E-state index contributed by atoms with van der Waals surface area (Å²) in [6, 6.07) is 20.0. The van der Waals surface area contributed by atoms with Crippen LogP contribution < -0.4 is 14.2 Å². The van der Waals surface area contributed by atoms with Crippen molar-refractivity contribution in [3.8, 4) is 17.2 Å². The molecule has 0 aliphatic carbocycles. The number of halogens is 1. The first-order valence-electron chi connectivity index (χ1n) is 9.86. The highest BCUT2D eigenvalue weighted by Crippen LogP contribution is 2.42. The molecule has 0 saturated heterocycles. The van der Waals surface area contributed by atoms with E-state index in [1.165, 1.54) is 0 Å². The molecule has 6 nitrogen and oxygen atoms in total. The predicted octanol–water partition coefficient (Wildman–Crippen LogP) is 5.22. The van der Waals surface area contributed by atoms with Gasteiger partial charge in [0.1, 0.15) is 11.5 Å². The third-order valence-electron chi connectivity index (χ3n) is 5.25. The van der Waals surface area contributed by atoms with Crippen molar-refractivity contribution in [2.45, 2.75) is 0 Å². The molecule has 0 radical (unpaired) electrons. The molecule has 7 heteroatoms. The second kappa shape index (κ2) is 7.28. The van der Waals surface area contributed by atoms with Crippen molar-refractivity contribution >= 4 is 34.8 Å². The SMILES string of the molecule is O=C1OC(c2cccc(Cl)c2)=NC1=C1C=C(c2ccc3c(c2)OCO3)Oc2ccccc21. The normalized spacial score (nSPS) is 18.5. The third-order valence-corrected chi connectivity index (χ3v) is 5.49. The van der Waals surface area contributed by atoms with Crippen LogP contribution in [0.4, 0.5) is 0 Å². The molecular weight excluding hydrogens is 430 g/mol. The number of para-hydroxylation sites is 1. The quantitative estimate of drug-likeness (QED) is 0.401. The van der Waals surface area contributed by atoms with Crippen LogP contribution in [0.25, 0.3) is 11.3 Å². The Bertz CT molecular complexity index is 1390. The minimum atomic E-state index is -0.534. The van der Waals surface area contributed by atoms with E-state index < -0.39 is 5.97 Å². The molecule has 0 aromatic heterocycles. The van der Waals surface area contributed by atoms with Crippen LogP contribution in [0, 0.1) is 0 Å². The highest BCUT2D eigenvalue weighted by atomic mass is 35.5. The maximum atomic E-state index is 12.8. The smallest absolute Gasteiger partial charge is 0.364 e. The third kappa shape index (κ3) is 3.13. The molecule has 3 aromatic rings. The fourth-order valence-corrected chi connectivity index (χ4v) is 3.93.